The van der Waals surface area contributed by atoms with E-state index in [1.54, 1.807) is 31.2 Å². The number of pyridine rings is 1. The number of halogens is 2. The van der Waals surface area contributed by atoms with Crippen molar-refractivity contribution in [3.63, 3.8) is 0 Å². The van der Waals surface area contributed by atoms with Crippen LogP contribution in [0.1, 0.15) is 32.7 Å². The average molecular weight is 489 g/mol. The standard InChI is InChI=1S/C23H22BrFN2O4/c1-12-4-5-14(23(29)30-3)9-18(12)19-13(2)27-22(28)20(24)21(19)31-11-15-6-7-17(25)8-16(15)10-26/h4-9H,10-11,26H2,1-3H3,(H,27,28). The molecule has 0 aliphatic rings. The highest BCUT2D eigenvalue weighted by molar-refractivity contribution is 9.10. The summed E-state index contributed by atoms with van der Waals surface area (Å²) in [6.45, 7) is 3.88. The van der Waals surface area contributed by atoms with Crippen LogP contribution in [0.2, 0.25) is 0 Å². The number of carbonyl (C=O) groups is 1. The summed E-state index contributed by atoms with van der Waals surface area (Å²) in [7, 11) is 1.32. The fourth-order valence-corrected chi connectivity index (χ4v) is 3.75. The molecule has 3 aromatic rings. The number of nitrogens with one attached hydrogen (secondary N) is 1. The number of rotatable bonds is 6. The first-order valence-corrected chi connectivity index (χ1v) is 10.3. The van der Waals surface area contributed by atoms with Crippen molar-refractivity contribution in [3.8, 4) is 16.9 Å². The van der Waals surface area contributed by atoms with Crippen LogP contribution in [0, 0.1) is 19.7 Å². The molecule has 0 radical (unpaired) electrons. The number of hydrogen-bond donors (Lipinski definition) is 2. The third-order valence-corrected chi connectivity index (χ3v) is 5.71. The van der Waals surface area contributed by atoms with E-state index in [1.165, 1.54) is 19.2 Å². The summed E-state index contributed by atoms with van der Waals surface area (Å²) in [5.74, 6) is -0.532. The van der Waals surface area contributed by atoms with Crippen molar-refractivity contribution in [3.05, 3.63) is 85.0 Å². The van der Waals surface area contributed by atoms with Crippen LogP contribution in [0.15, 0.2) is 45.7 Å². The highest BCUT2D eigenvalue weighted by atomic mass is 79.9. The predicted octanol–water partition coefficient (Wildman–Crippen LogP) is 4.38. The molecule has 8 heteroatoms. The molecule has 2 aromatic carbocycles. The molecule has 0 atom stereocenters. The van der Waals surface area contributed by atoms with Gasteiger partial charge in [-0.25, -0.2) is 9.18 Å². The van der Waals surface area contributed by atoms with Crippen LogP contribution in [0.5, 0.6) is 5.75 Å². The molecule has 0 aliphatic carbocycles. The average Bonchev–Trinajstić information content (AvgIpc) is 2.75. The highest BCUT2D eigenvalue weighted by Gasteiger charge is 2.20. The molecule has 0 spiro atoms. The minimum atomic E-state index is -0.469. The number of esters is 1. The van der Waals surface area contributed by atoms with Crippen LogP contribution in [-0.4, -0.2) is 18.1 Å². The molecule has 1 heterocycles. The topological polar surface area (TPSA) is 94.4 Å². The van der Waals surface area contributed by atoms with Gasteiger partial charge in [0.05, 0.1) is 12.7 Å². The first-order valence-electron chi connectivity index (χ1n) is 9.48. The van der Waals surface area contributed by atoms with Gasteiger partial charge in [-0.05, 0) is 76.3 Å². The largest absolute Gasteiger partial charge is 0.487 e. The van der Waals surface area contributed by atoms with Crippen LogP contribution in [0.25, 0.3) is 11.1 Å². The lowest BCUT2D eigenvalue weighted by Gasteiger charge is -2.18. The van der Waals surface area contributed by atoms with Crippen LogP contribution < -0.4 is 16.0 Å². The molecule has 1 aromatic heterocycles. The third kappa shape index (κ3) is 4.70. The minimum absolute atomic E-state index is 0.0804. The maximum Gasteiger partial charge on any atom is 0.337 e. The summed E-state index contributed by atoms with van der Waals surface area (Å²) in [4.78, 5) is 27.2. The van der Waals surface area contributed by atoms with E-state index in [4.69, 9.17) is 15.2 Å². The number of aromatic amines is 1. The molecule has 0 saturated carbocycles. The number of ether oxygens (including phenoxy) is 2. The number of methoxy groups -OCH3 is 1. The molecule has 0 saturated heterocycles. The Bertz CT molecular complexity index is 1210. The maximum atomic E-state index is 13.5. The fraction of sp³-hybridized carbons (Fsp3) is 0.217. The van der Waals surface area contributed by atoms with Crippen LogP contribution in [0.3, 0.4) is 0 Å². The third-order valence-electron chi connectivity index (χ3n) is 4.99. The van der Waals surface area contributed by atoms with E-state index in [-0.39, 0.29) is 29.0 Å². The Hall–Kier alpha value is -2.97. The minimum Gasteiger partial charge on any atom is -0.487 e. The summed E-state index contributed by atoms with van der Waals surface area (Å²) in [6.07, 6.45) is 0. The Morgan fingerprint density at radius 2 is 1.90 bits per heavy atom. The normalized spacial score (nSPS) is 10.8. The summed E-state index contributed by atoms with van der Waals surface area (Å²) >= 11 is 3.32. The van der Waals surface area contributed by atoms with Crippen molar-refractivity contribution in [2.45, 2.75) is 27.0 Å². The fourth-order valence-electron chi connectivity index (χ4n) is 3.34. The van der Waals surface area contributed by atoms with Gasteiger partial charge in [-0.15, -0.1) is 0 Å². The van der Waals surface area contributed by atoms with Gasteiger partial charge in [0.15, 0.2) is 0 Å². The van der Waals surface area contributed by atoms with E-state index < -0.39 is 5.97 Å². The molecule has 6 nitrogen and oxygen atoms in total. The zero-order valence-electron chi connectivity index (χ0n) is 17.3. The van der Waals surface area contributed by atoms with Crippen molar-refractivity contribution in [1.82, 2.24) is 4.98 Å². The van der Waals surface area contributed by atoms with Crippen molar-refractivity contribution in [2.24, 2.45) is 5.73 Å². The monoisotopic (exact) mass is 488 g/mol. The lowest BCUT2D eigenvalue weighted by atomic mass is 9.96. The van der Waals surface area contributed by atoms with Crippen molar-refractivity contribution in [2.75, 3.05) is 7.11 Å². The summed E-state index contributed by atoms with van der Waals surface area (Å²) in [5, 5.41) is 0. The Morgan fingerprint density at radius 3 is 2.58 bits per heavy atom. The number of carbonyl (C=O) groups excluding carboxylic acids is 1. The number of H-pyrrole nitrogens is 1. The molecule has 0 aliphatic heterocycles. The molecule has 3 N–H and O–H groups in total. The van der Waals surface area contributed by atoms with Gasteiger partial charge in [0.2, 0.25) is 0 Å². The number of aryl methyl sites for hydroxylation is 2. The highest BCUT2D eigenvalue weighted by Crippen LogP contribution is 2.39. The molecule has 0 amide bonds. The quantitative estimate of drug-likeness (QED) is 0.501. The maximum absolute atomic E-state index is 13.5. The Morgan fingerprint density at radius 1 is 1.16 bits per heavy atom. The molecular weight excluding hydrogens is 467 g/mol. The molecule has 0 unspecified atom stereocenters. The second-order valence-corrected chi connectivity index (χ2v) is 7.82. The van der Waals surface area contributed by atoms with Gasteiger partial charge in [-0.3, -0.25) is 4.79 Å². The number of hydrogen-bond acceptors (Lipinski definition) is 5. The van der Waals surface area contributed by atoms with Crippen LogP contribution in [0.4, 0.5) is 4.39 Å². The molecule has 0 fully saturated rings. The van der Waals surface area contributed by atoms with E-state index in [9.17, 15) is 14.0 Å². The zero-order valence-corrected chi connectivity index (χ0v) is 18.9. The molecule has 0 bridgehead atoms. The van der Waals surface area contributed by atoms with Crippen molar-refractivity contribution >= 4 is 21.9 Å². The zero-order chi connectivity index (χ0) is 22.7. The number of aromatic nitrogens is 1. The summed E-state index contributed by atoms with van der Waals surface area (Å²) < 4.78 is 24.7. The molecular formula is C23H22BrFN2O4. The Kier molecular flexibility index (Phi) is 6.92. The van der Waals surface area contributed by atoms with E-state index in [1.807, 2.05) is 6.92 Å². The van der Waals surface area contributed by atoms with Crippen molar-refractivity contribution < 1.29 is 18.7 Å². The van der Waals surface area contributed by atoms with E-state index >= 15 is 0 Å². The Balaban J connectivity index is 2.13. The van der Waals surface area contributed by atoms with E-state index in [2.05, 4.69) is 20.9 Å². The van der Waals surface area contributed by atoms with Crippen LogP contribution in [-0.2, 0) is 17.9 Å². The lowest BCUT2D eigenvalue weighted by molar-refractivity contribution is 0.0600. The SMILES string of the molecule is COC(=O)c1ccc(C)c(-c2c(C)[nH]c(=O)c(Br)c2OCc2ccc(F)cc2CN)c1. The number of nitrogens with two attached hydrogens (primary N) is 1. The first kappa shape index (κ1) is 22.7. The lowest BCUT2D eigenvalue weighted by Crippen LogP contribution is -2.14. The van der Waals surface area contributed by atoms with Gasteiger partial charge in [-0.1, -0.05) is 12.1 Å². The van der Waals surface area contributed by atoms with Gasteiger partial charge in [0, 0.05) is 17.8 Å². The van der Waals surface area contributed by atoms with Crippen LogP contribution >= 0.6 is 15.9 Å². The van der Waals surface area contributed by atoms with Gasteiger partial charge in [0.1, 0.15) is 22.6 Å². The van der Waals surface area contributed by atoms with Gasteiger partial charge in [-0.2, -0.15) is 0 Å². The van der Waals surface area contributed by atoms with E-state index in [0.29, 0.717) is 39.3 Å². The molecule has 162 valence electrons. The smallest absolute Gasteiger partial charge is 0.337 e. The summed E-state index contributed by atoms with van der Waals surface area (Å²) in [5.41, 5.74) is 9.88. The summed E-state index contributed by atoms with van der Waals surface area (Å²) in [6, 6.07) is 9.48. The van der Waals surface area contributed by atoms with E-state index in [0.717, 1.165) is 5.56 Å². The van der Waals surface area contributed by atoms with Gasteiger partial charge in [0.25, 0.3) is 5.56 Å². The second kappa shape index (κ2) is 9.45. The van der Waals surface area contributed by atoms with Gasteiger partial charge < -0.3 is 20.2 Å². The van der Waals surface area contributed by atoms with Crippen molar-refractivity contribution in [1.29, 1.82) is 0 Å². The van der Waals surface area contributed by atoms with Gasteiger partial charge >= 0.3 is 5.97 Å². The predicted molar refractivity (Wildman–Crippen MR) is 120 cm³/mol. The first-order chi connectivity index (χ1) is 14.8. The number of benzene rings is 2. The molecule has 31 heavy (non-hydrogen) atoms. The molecule has 3 rings (SSSR count). The second-order valence-electron chi connectivity index (χ2n) is 7.02. The Labute approximate surface area is 187 Å².